The van der Waals surface area contributed by atoms with Crippen molar-refractivity contribution >= 4 is 45.8 Å². The van der Waals surface area contributed by atoms with Gasteiger partial charge in [-0.3, -0.25) is 4.79 Å². The van der Waals surface area contributed by atoms with E-state index in [0.717, 1.165) is 3.57 Å². The quantitative estimate of drug-likeness (QED) is 0.797. The molecule has 3 nitrogen and oxygen atoms in total. The van der Waals surface area contributed by atoms with Crippen molar-refractivity contribution in [2.45, 2.75) is 12.5 Å². The molecule has 0 spiro atoms. The second kappa shape index (κ2) is 4.27. The Morgan fingerprint density at radius 2 is 2.27 bits per heavy atom. The highest BCUT2D eigenvalue weighted by Crippen LogP contribution is 2.30. The average Bonchev–Trinajstić information content (AvgIpc) is 2.45. The molecule has 0 radical (unpaired) electrons. The molecule has 1 fully saturated rings. The number of rotatable bonds is 1. The van der Waals surface area contributed by atoms with Crippen molar-refractivity contribution in [1.82, 2.24) is 0 Å². The van der Waals surface area contributed by atoms with Crippen LogP contribution in [0.3, 0.4) is 0 Å². The van der Waals surface area contributed by atoms with Gasteiger partial charge in [-0.15, -0.1) is 0 Å². The van der Waals surface area contributed by atoms with Crippen LogP contribution in [0.15, 0.2) is 18.2 Å². The summed E-state index contributed by atoms with van der Waals surface area (Å²) in [5.41, 5.74) is 0.679. The molecule has 1 heterocycles. The van der Waals surface area contributed by atoms with E-state index in [9.17, 15) is 9.90 Å². The molecule has 1 aromatic carbocycles. The molecular weight excluding hydrogens is 328 g/mol. The molecule has 80 valence electrons. The Morgan fingerprint density at radius 3 is 2.80 bits per heavy atom. The molecule has 5 heteroatoms. The number of aliphatic hydroxyl groups excluding tert-OH is 1. The van der Waals surface area contributed by atoms with E-state index in [1.807, 2.05) is 6.07 Å². The fourth-order valence-corrected chi connectivity index (χ4v) is 2.58. The number of carbonyl (C=O) groups is 1. The Morgan fingerprint density at radius 1 is 1.53 bits per heavy atom. The number of nitrogens with zero attached hydrogens (tertiary/aromatic N) is 1. The molecule has 0 bridgehead atoms. The first-order valence-electron chi connectivity index (χ1n) is 4.51. The molecule has 1 aliphatic rings. The third kappa shape index (κ3) is 2.26. The maximum atomic E-state index is 11.5. The highest BCUT2D eigenvalue weighted by Gasteiger charge is 2.30. The average molecular weight is 338 g/mol. The van der Waals surface area contributed by atoms with Crippen LogP contribution in [-0.2, 0) is 4.79 Å². The number of halogens is 2. The Balaban J connectivity index is 2.34. The molecule has 1 aliphatic heterocycles. The SMILES string of the molecule is O=C1CC(O)CN1c1ccc(I)cc1Cl. The Hall–Kier alpha value is -0.330. The number of hydrogen-bond donors (Lipinski definition) is 1. The molecule has 1 N–H and O–H groups in total. The number of benzene rings is 1. The van der Waals surface area contributed by atoms with Crippen LogP contribution >= 0.6 is 34.2 Å². The lowest BCUT2D eigenvalue weighted by atomic mass is 10.3. The fourth-order valence-electron chi connectivity index (χ4n) is 1.62. The molecule has 15 heavy (non-hydrogen) atoms. The zero-order chi connectivity index (χ0) is 11.0. The number of β-amino-alcohol motifs (C(OH)–C–C–N with tert-alkyl or cyclic N) is 1. The number of aliphatic hydroxyl groups is 1. The second-order valence-corrected chi connectivity index (χ2v) is 5.11. The summed E-state index contributed by atoms with van der Waals surface area (Å²) in [6, 6.07) is 5.50. The van der Waals surface area contributed by atoms with E-state index >= 15 is 0 Å². The van der Waals surface area contributed by atoms with E-state index in [2.05, 4.69) is 22.6 Å². The topological polar surface area (TPSA) is 40.5 Å². The van der Waals surface area contributed by atoms with Crippen LogP contribution in [0.4, 0.5) is 5.69 Å². The second-order valence-electron chi connectivity index (χ2n) is 3.46. The maximum Gasteiger partial charge on any atom is 0.229 e. The van der Waals surface area contributed by atoms with Gasteiger partial charge in [0, 0.05) is 3.57 Å². The molecule has 1 atom stereocenters. The summed E-state index contributed by atoms with van der Waals surface area (Å²) in [6.07, 6.45) is -0.393. The zero-order valence-corrected chi connectivity index (χ0v) is 10.7. The van der Waals surface area contributed by atoms with Gasteiger partial charge in [0.25, 0.3) is 0 Å². The van der Waals surface area contributed by atoms with E-state index < -0.39 is 6.10 Å². The first kappa shape index (κ1) is 11.2. The van der Waals surface area contributed by atoms with Crippen molar-refractivity contribution in [2.24, 2.45) is 0 Å². The summed E-state index contributed by atoms with van der Waals surface area (Å²) >= 11 is 8.20. The van der Waals surface area contributed by atoms with Crippen molar-refractivity contribution in [3.8, 4) is 0 Å². The minimum atomic E-state index is -0.576. The van der Waals surface area contributed by atoms with Crippen LogP contribution in [0, 0.1) is 3.57 Å². The van der Waals surface area contributed by atoms with Crippen LogP contribution < -0.4 is 4.90 Å². The maximum absolute atomic E-state index is 11.5. The van der Waals surface area contributed by atoms with Gasteiger partial charge in [-0.05, 0) is 40.8 Å². The fraction of sp³-hybridized carbons (Fsp3) is 0.300. The van der Waals surface area contributed by atoms with Gasteiger partial charge in [-0.25, -0.2) is 0 Å². The monoisotopic (exact) mass is 337 g/mol. The summed E-state index contributed by atoms with van der Waals surface area (Å²) in [6.45, 7) is 0.332. The molecule has 1 unspecified atom stereocenters. The van der Waals surface area contributed by atoms with Crippen LogP contribution in [0.2, 0.25) is 5.02 Å². The van der Waals surface area contributed by atoms with E-state index in [1.165, 1.54) is 4.90 Å². The lowest BCUT2D eigenvalue weighted by molar-refractivity contribution is -0.117. The smallest absolute Gasteiger partial charge is 0.229 e. The third-order valence-corrected chi connectivity index (χ3v) is 3.28. The van der Waals surface area contributed by atoms with E-state index in [0.29, 0.717) is 17.3 Å². The van der Waals surface area contributed by atoms with Crippen molar-refractivity contribution in [3.63, 3.8) is 0 Å². The number of carbonyl (C=O) groups excluding carboxylic acids is 1. The normalized spacial score (nSPS) is 21.1. The van der Waals surface area contributed by atoms with E-state index in [-0.39, 0.29) is 12.3 Å². The lowest BCUT2D eigenvalue weighted by Gasteiger charge is -2.17. The summed E-state index contributed by atoms with van der Waals surface area (Å²) in [5, 5.41) is 9.92. The Labute approximate surface area is 106 Å². The molecule has 2 rings (SSSR count). The highest BCUT2D eigenvalue weighted by atomic mass is 127. The third-order valence-electron chi connectivity index (χ3n) is 2.31. The molecule has 0 saturated carbocycles. The van der Waals surface area contributed by atoms with Crippen LogP contribution in [0.25, 0.3) is 0 Å². The molecule has 0 aromatic heterocycles. The Bertz CT molecular complexity index is 410. The lowest BCUT2D eigenvalue weighted by Crippen LogP contribution is -2.25. The van der Waals surface area contributed by atoms with Crippen LogP contribution in [0.1, 0.15) is 6.42 Å². The van der Waals surface area contributed by atoms with Gasteiger partial charge < -0.3 is 10.0 Å². The minimum Gasteiger partial charge on any atom is -0.391 e. The van der Waals surface area contributed by atoms with E-state index in [1.54, 1.807) is 12.1 Å². The van der Waals surface area contributed by atoms with Gasteiger partial charge >= 0.3 is 0 Å². The van der Waals surface area contributed by atoms with Gasteiger partial charge in [0.15, 0.2) is 0 Å². The predicted molar refractivity (Wildman–Crippen MR) is 67.1 cm³/mol. The molecule has 1 aromatic rings. The standard InChI is InChI=1S/C10H9ClINO2/c11-8-3-6(12)1-2-9(8)13-5-7(14)4-10(13)15/h1-3,7,14H,4-5H2. The summed E-state index contributed by atoms with van der Waals surface area (Å²) in [7, 11) is 0. The summed E-state index contributed by atoms with van der Waals surface area (Å²) in [5.74, 6) is -0.0781. The Kier molecular flexibility index (Phi) is 3.18. The van der Waals surface area contributed by atoms with Gasteiger partial charge in [0.1, 0.15) is 0 Å². The van der Waals surface area contributed by atoms with Crippen LogP contribution in [-0.4, -0.2) is 23.7 Å². The largest absolute Gasteiger partial charge is 0.391 e. The van der Waals surface area contributed by atoms with Gasteiger partial charge in [-0.2, -0.15) is 0 Å². The van der Waals surface area contributed by atoms with Crippen molar-refractivity contribution in [1.29, 1.82) is 0 Å². The molecule has 1 saturated heterocycles. The first-order valence-corrected chi connectivity index (χ1v) is 5.97. The van der Waals surface area contributed by atoms with Crippen molar-refractivity contribution in [3.05, 3.63) is 26.8 Å². The number of hydrogen-bond acceptors (Lipinski definition) is 2. The minimum absolute atomic E-state index is 0.0781. The zero-order valence-electron chi connectivity index (χ0n) is 7.78. The highest BCUT2D eigenvalue weighted by molar-refractivity contribution is 14.1. The van der Waals surface area contributed by atoms with Gasteiger partial charge in [0.2, 0.25) is 5.91 Å². The molecule has 1 amide bonds. The van der Waals surface area contributed by atoms with Crippen LogP contribution in [0.5, 0.6) is 0 Å². The van der Waals surface area contributed by atoms with Crippen molar-refractivity contribution < 1.29 is 9.90 Å². The number of anilines is 1. The van der Waals surface area contributed by atoms with Gasteiger partial charge in [-0.1, -0.05) is 11.6 Å². The number of amides is 1. The van der Waals surface area contributed by atoms with Crippen molar-refractivity contribution in [2.75, 3.05) is 11.4 Å². The first-order chi connectivity index (χ1) is 7.08. The predicted octanol–water partition coefficient (Wildman–Crippen LogP) is 2.04. The van der Waals surface area contributed by atoms with E-state index in [4.69, 9.17) is 11.6 Å². The molecular formula is C10H9ClINO2. The van der Waals surface area contributed by atoms with Gasteiger partial charge in [0.05, 0.1) is 29.8 Å². The summed E-state index contributed by atoms with van der Waals surface area (Å²) in [4.78, 5) is 13.1. The molecule has 0 aliphatic carbocycles. The summed E-state index contributed by atoms with van der Waals surface area (Å²) < 4.78 is 1.02.